The lowest BCUT2D eigenvalue weighted by Crippen LogP contribution is -2.54. The Bertz CT molecular complexity index is 668. The molecule has 146 valence electrons. The molecule has 0 radical (unpaired) electrons. The van der Waals surface area contributed by atoms with Gasteiger partial charge in [-0.3, -0.25) is 5.32 Å². The van der Waals surface area contributed by atoms with Crippen molar-refractivity contribution in [2.75, 3.05) is 6.54 Å². The van der Waals surface area contributed by atoms with Gasteiger partial charge in [-0.15, -0.1) is 0 Å². The second kappa shape index (κ2) is 8.80. The van der Waals surface area contributed by atoms with E-state index in [0.29, 0.717) is 12.3 Å². The van der Waals surface area contributed by atoms with Crippen LogP contribution in [0.5, 0.6) is 0 Å². The zero-order valence-corrected chi connectivity index (χ0v) is 16.5. The van der Waals surface area contributed by atoms with Crippen molar-refractivity contribution in [1.82, 2.24) is 14.8 Å². The maximum atomic E-state index is 11.8. The molecule has 0 aliphatic carbocycles. The van der Waals surface area contributed by atoms with Gasteiger partial charge < -0.3 is 4.74 Å². The first-order chi connectivity index (χ1) is 12.4. The largest absolute Gasteiger partial charge is 0.360 e. The first-order valence-corrected chi connectivity index (χ1v) is 11.1. The van der Waals surface area contributed by atoms with Crippen LogP contribution in [-0.2, 0) is 21.4 Å². The van der Waals surface area contributed by atoms with E-state index in [9.17, 15) is 8.42 Å². The molecule has 2 fully saturated rings. The first-order valence-electron chi connectivity index (χ1n) is 9.62. The Labute approximate surface area is 157 Å². The van der Waals surface area contributed by atoms with E-state index in [0.717, 1.165) is 32.2 Å². The van der Waals surface area contributed by atoms with Crippen molar-refractivity contribution in [2.24, 2.45) is 5.92 Å². The third kappa shape index (κ3) is 6.03. The van der Waals surface area contributed by atoms with Crippen molar-refractivity contribution in [3.8, 4) is 0 Å². The number of ether oxygens (including phenoxy) is 1. The molecule has 1 aromatic carbocycles. The van der Waals surface area contributed by atoms with Crippen LogP contribution in [0.3, 0.4) is 0 Å². The summed E-state index contributed by atoms with van der Waals surface area (Å²) >= 11 is 0. The average Bonchev–Trinajstić information content (AvgIpc) is 2.54. The highest BCUT2D eigenvalue weighted by Crippen LogP contribution is 2.23. The van der Waals surface area contributed by atoms with Gasteiger partial charge in [0, 0.05) is 12.1 Å². The van der Waals surface area contributed by atoms with Gasteiger partial charge >= 0.3 is 0 Å². The zero-order chi connectivity index (χ0) is 18.6. The normalized spacial score (nSPS) is 32.8. The molecule has 6 nitrogen and oxygen atoms in total. The van der Waals surface area contributed by atoms with Crippen LogP contribution in [0.4, 0.5) is 0 Å². The van der Waals surface area contributed by atoms with Crippen molar-refractivity contribution in [3.05, 3.63) is 35.9 Å². The summed E-state index contributed by atoms with van der Waals surface area (Å²) in [5.41, 5.74) is 1.38. The Hall–Kier alpha value is -0.990. The highest BCUT2D eigenvalue weighted by Gasteiger charge is 2.30. The first kappa shape index (κ1) is 19.8. The summed E-state index contributed by atoms with van der Waals surface area (Å²) in [5, 5.41) is 3.45. The molecule has 7 heteroatoms. The van der Waals surface area contributed by atoms with E-state index in [1.54, 1.807) is 0 Å². The summed E-state index contributed by atoms with van der Waals surface area (Å²) in [7, 11) is -3.37. The van der Waals surface area contributed by atoms with Crippen molar-refractivity contribution < 1.29 is 13.2 Å². The minimum absolute atomic E-state index is 0.000903. The molecule has 2 aliphatic heterocycles. The second-order valence-electron chi connectivity index (χ2n) is 7.78. The van der Waals surface area contributed by atoms with Crippen molar-refractivity contribution in [3.63, 3.8) is 0 Å². The van der Waals surface area contributed by atoms with Crippen LogP contribution in [-0.4, -0.2) is 39.4 Å². The summed E-state index contributed by atoms with van der Waals surface area (Å²) in [6, 6.07) is 10.5. The Morgan fingerprint density at radius 3 is 2.69 bits per heavy atom. The van der Waals surface area contributed by atoms with Crippen molar-refractivity contribution in [1.29, 1.82) is 0 Å². The predicted molar refractivity (Wildman–Crippen MR) is 103 cm³/mol. The SMILES string of the molecule is CC1CC(CC(C)OC2CC(Cc3ccccc3)CCN2)NS(=O)(=O)N1. The maximum absolute atomic E-state index is 11.8. The van der Waals surface area contributed by atoms with Gasteiger partial charge in [0.25, 0.3) is 10.2 Å². The molecule has 3 rings (SSSR count). The lowest BCUT2D eigenvalue weighted by atomic mass is 9.90. The molecule has 5 unspecified atom stereocenters. The summed E-state index contributed by atoms with van der Waals surface area (Å²) in [6.07, 6.45) is 4.75. The van der Waals surface area contributed by atoms with Crippen LogP contribution in [0, 0.1) is 5.92 Å². The van der Waals surface area contributed by atoms with E-state index in [1.165, 1.54) is 5.56 Å². The maximum Gasteiger partial charge on any atom is 0.277 e. The molecule has 0 spiro atoms. The molecule has 3 N–H and O–H groups in total. The Morgan fingerprint density at radius 2 is 1.96 bits per heavy atom. The molecular weight excluding hydrogens is 350 g/mol. The van der Waals surface area contributed by atoms with E-state index in [-0.39, 0.29) is 24.4 Å². The van der Waals surface area contributed by atoms with Gasteiger partial charge in [0.15, 0.2) is 0 Å². The van der Waals surface area contributed by atoms with Gasteiger partial charge in [0.2, 0.25) is 0 Å². The van der Waals surface area contributed by atoms with E-state index in [1.807, 2.05) is 13.8 Å². The molecule has 0 amide bonds. The van der Waals surface area contributed by atoms with Gasteiger partial charge in [-0.2, -0.15) is 17.9 Å². The number of benzene rings is 1. The number of rotatable bonds is 6. The molecule has 0 saturated carbocycles. The van der Waals surface area contributed by atoms with Crippen LogP contribution in [0.2, 0.25) is 0 Å². The van der Waals surface area contributed by atoms with Gasteiger partial charge in [-0.05, 0) is 64.0 Å². The predicted octanol–water partition coefficient (Wildman–Crippen LogP) is 1.93. The summed E-state index contributed by atoms with van der Waals surface area (Å²) in [4.78, 5) is 0. The number of piperidine rings is 1. The minimum atomic E-state index is -3.37. The molecule has 2 heterocycles. The molecule has 0 aromatic heterocycles. The Kier molecular flexibility index (Phi) is 6.69. The van der Waals surface area contributed by atoms with Crippen molar-refractivity contribution in [2.45, 2.75) is 70.4 Å². The second-order valence-corrected chi connectivity index (χ2v) is 9.26. The third-order valence-corrected chi connectivity index (χ3v) is 6.52. The summed E-state index contributed by atoms with van der Waals surface area (Å²) < 4.78 is 35.0. The van der Waals surface area contributed by atoms with Crippen LogP contribution < -0.4 is 14.8 Å². The standard InChI is InChI=1S/C19H31N3O3S/c1-14-10-18(22-26(23,24)21-14)11-15(2)25-19-13-17(8-9-20-19)12-16-6-4-3-5-7-16/h3-7,14-15,17-22H,8-13H2,1-2H3. The fourth-order valence-electron chi connectivity index (χ4n) is 4.11. The van der Waals surface area contributed by atoms with Gasteiger partial charge in [0.05, 0.1) is 6.10 Å². The molecule has 5 atom stereocenters. The number of nitrogens with one attached hydrogen (secondary N) is 3. The van der Waals surface area contributed by atoms with E-state index in [2.05, 4.69) is 45.1 Å². The topological polar surface area (TPSA) is 79.5 Å². The fourth-order valence-corrected chi connectivity index (χ4v) is 5.44. The highest BCUT2D eigenvalue weighted by molar-refractivity contribution is 7.87. The van der Waals surface area contributed by atoms with Gasteiger partial charge in [0.1, 0.15) is 6.23 Å². The van der Waals surface area contributed by atoms with Gasteiger partial charge in [-0.1, -0.05) is 30.3 Å². The molecule has 1 aromatic rings. The summed E-state index contributed by atoms with van der Waals surface area (Å²) in [5.74, 6) is 0.619. The Morgan fingerprint density at radius 1 is 1.19 bits per heavy atom. The van der Waals surface area contributed by atoms with Crippen LogP contribution >= 0.6 is 0 Å². The summed E-state index contributed by atoms with van der Waals surface area (Å²) in [6.45, 7) is 4.89. The Balaban J connectivity index is 1.47. The van der Waals surface area contributed by atoms with Crippen LogP contribution in [0.1, 0.15) is 45.1 Å². The molecular formula is C19H31N3O3S. The quantitative estimate of drug-likeness (QED) is 0.704. The van der Waals surface area contributed by atoms with Crippen LogP contribution in [0.15, 0.2) is 30.3 Å². The minimum Gasteiger partial charge on any atom is -0.360 e. The highest BCUT2D eigenvalue weighted by atomic mass is 32.2. The van der Waals surface area contributed by atoms with E-state index < -0.39 is 10.2 Å². The van der Waals surface area contributed by atoms with Crippen LogP contribution in [0.25, 0.3) is 0 Å². The molecule has 0 bridgehead atoms. The third-order valence-electron chi connectivity index (χ3n) is 5.17. The lowest BCUT2D eigenvalue weighted by Gasteiger charge is -2.34. The smallest absolute Gasteiger partial charge is 0.277 e. The molecule has 2 aliphatic rings. The zero-order valence-electron chi connectivity index (χ0n) is 15.6. The number of hydrogen-bond donors (Lipinski definition) is 3. The van der Waals surface area contributed by atoms with E-state index >= 15 is 0 Å². The van der Waals surface area contributed by atoms with Crippen molar-refractivity contribution >= 4 is 10.2 Å². The average molecular weight is 382 g/mol. The molecule has 2 saturated heterocycles. The van der Waals surface area contributed by atoms with Gasteiger partial charge in [-0.25, -0.2) is 0 Å². The molecule has 26 heavy (non-hydrogen) atoms. The lowest BCUT2D eigenvalue weighted by molar-refractivity contribution is -0.0511. The van der Waals surface area contributed by atoms with E-state index in [4.69, 9.17) is 4.74 Å². The monoisotopic (exact) mass is 381 g/mol. The number of hydrogen-bond acceptors (Lipinski definition) is 4. The fraction of sp³-hybridized carbons (Fsp3) is 0.684.